The maximum absolute atomic E-state index is 5.86. The Bertz CT molecular complexity index is 488. The molecule has 1 saturated heterocycles. The predicted molar refractivity (Wildman–Crippen MR) is 65.5 cm³/mol. The Labute approximate surface area is 95.8 Å². The molecule has 0 radical (unpaired) electrons. The lowest BCUT2D eigenvalue weighted by atomic mass is 10.2. The molecule has 3 rings (SSSR count). The third kappa shape index (κ3) is 1.74. The van der Waals surface area contributed by atoms with Crippen LogP contribution in [0.3, 0.4) is 0 Å². The van der Waals surface area contributed by atoms with Crippen LogP contribution in [0.15, 0.2) is 36.5 Å². The highest BCUT2D eigenvalue weighted by atomic mass is 16.5. The summed E-state index contributed by atoms with van der Waals surface area (Å²) in [6.45, 7) is 3.14. The lowest BCUT2D eigenvalue weighted by Gasteiger charge is -2.13. The molecule has 2 nitrogen and oxygen atoms in total. The molecule has 0 N–H and O–H groups in total. The van der Waals surface area contributed by atoms with Gasteiger partial charge in [0.1, 0.15) is 0 Å². The van der Waals surface area contributed by atoms with Gasteiger partial charge >= 0.3 is 0 Å². The zero-order valence-corrected chi connectivity index (χ0v) is 9.60. The number of hydrogen-bond acceptors (Lipinski definition) is 1. The van der Waals surface area contributed by atoms with Crippen LogP contribution >= 0.6 is 0 Å². The van der Waals surface area contributed by atoms with Crippen molar-refractivity contribution < 1.29 is 4.74 Å². The smallest absolute Gasteiger partial charge is 0.0758 e. The summed E-state index contributed by atoms with van der Waals surface area (Å²) in [4.78, 5) is 0. The first kappa shape index (κ1) is 9.91. The number of rotatable bonds is 2. The molecule has 1 aromatic heterocycles. The van der Waals surface area contributed by atoms with Crippen molar-refractivity contribution in [2.24, 2.45) is 0 Å². The van der Waals surface area contributed by atoms with Crippen LogP contribution in [0.1, 0.15) is 19.8 Å². The Morgan fingerprint density at radius 3 is 2.94 bits per heavy atom. The maximum atomic E-state index is 5.86. The molecule has 2 aromatic rings. The second-order valence-corrected chi connectivity index (χ2v) is 4.67. The van der Waals surface area contributed by atoms with E-state index in [-0.39, 0.29) is 0 Å². The average molecular weight is 215 g/mol. The molecule has 1 fully saturated rings. The van der Waals surface area contributed by atoms with Crippen molar-refractivity contribution in [3.05, 3.63) is 36.5 Å². The van der Waals surface area contributed by atoms with Gasteiger partial charge in [-0.1, -0.05) is 18.2 Å². The van der Waals surface area contributed by atoms with Crippen molar-refractivity contribution in [2.75, 3.05) is 0 Å². The lowest BCUT2D eigenvalue weighted by Crippen LogP contribution is -2.15. The van der Waals surface area contributed by atoms with Gasteiger partial charge in [-0.3, -0.25) is 0 Å². The first-order valence-corrected chi connectivity index (χ1v) is 6.02. The molecule has 2 heterocycles. The minimum Gasteiger partial charge on any atom is -0.373 e. The van der Waals surface area contributed by atoms with E-state index in [4.69, 9.17) is 4.74 Å². The first-order chi connectivity index (χ1) is 7.83. The SMILES string of the molecule is CC1CCC(Cn2ccc3ccccc32)O1. The molecule has 2 unspecified atom stereocenters. The van der Waals surface area contributed by atoms with E-state index in [1.54, 1.807) is 0 Å². The molecule has 0 bridgehead atoms. The number of fused-ring (bicyclic) bond motifs is 1. The van der Waals surface area contributed by atoms with E-state index >= 15 is 0 Å². The summed E-state index contributed by atoms with van der Waals surface area (Å²) in [5.74, 6) is 0. The lowest BCUT2D eigenvalue weighted by molar-refractivity contribution is 0.0465. The number of hydrogen-bond donors (Lipinski definition) is 0. The quantitative estimate of drug-likeness (QED) is 0.750. The van der Waals surface area contributed by atoms with E-state index in [2.05, 4.69) is 48.0 Å². The summed E-state index contributed by atoms with van der Waals surface area (Å²) >= 11 is 0. The van der Waals surface area contributed by atoms with Crippen molar-refractivity contribution >= 4 is 10.9 Å². The minimum absolute atomic E-state index is 0.394. The van der Waals surface area contributed by atoms with Crippen LogP contribution in [-0.2, 0) is 11.3 Å². The molecule has 1 aliphatic rings. The second-order valence-electron chi connectivity index (χ2n) is 4.67. The van der Waals surface area contributed by atoms with Gasteiger partial charge < -0.3 is 9.30 Å². The van der Waals surface area contributed by atoms with Crippen molar-refractivity contribution in [1.29, 1.82) is 0 Å². The van der Waals surface area contributed by atoms with E-state index in [0.29, 0.717) is 12.2 Å². The summed E-state index contributed by atoms with van der Waals surface area (Å²) in [7, 11) is 0. The Balaban J connectivity index is 1.84. The summed E-state index contributed by atoms with van der Waals surface area (Å²) in [5.41, 5.74) is 1.31. The van der Waals surface area contributed by atoms with Crippen LogP contribution in [0.5, 0.6) is 0 Å². The third-order valence-corrected chi connectivity index (χ3v) is 3.40. The summed E-state index contributed by atoms with van der Waals surface area (Å²) < 4.78 is 8.17. The highest BCUT2D eigenvalue weighted by molar-refractivity contribution is 5.79. The Hall–Kier alpha value is -1.28. The van der Waals surface area contributed by atoms with Crippen LogP contribution in [0.25, 0.3) is 10.9 Å². The zero-order chi connectivity index (χ0) is 11.0. The molecule has 1 aromatic carbocycles. The fraction of sp³-hybridized carbons (Fsp3) is 0.429. The molecular weight excluding hydrogens is 198 g/mol. The van der Waals surface area contributed by atoms with Gasteiger partial charge in [0, 0.05) is 18.3 Å². The van der Waals surface area contributed by atoms with Gasteiger partial charge in [0.15, 0.2) is 0 Å². The fourth-order valence-corrected chi connectivity index (χ4v) is 2.54. The molecule has 84 valence electrons. The molecular formula is C14H17NO. The summed E-state index contributed by atoms with van der Waals surface area (Å²) in [6, 6.07) is 10.7. The topological polar surface area (TPSA) is 14.2 Å². The summed E-state index contributed by atoms with van der Waals surface area (Å²) in [5, 5.41) is 1.31. The Morgan fingerprint density at radius 2 is 2.12 bits per heavy atom. The molecule has 0 aliphatic carbocycles. The number of ether oxygens (including phenoxy) is 1. The largest absolute Gasteiger partial charge is 0.373 e. The summed E-state index contributed by atoms with van der Waals surface area (Å²) in [6.07, 6.45) is 5.38. The van der Waals surface area contributed by atoms with Gasteiger partial charge in [-0.15, -0.1) is 0 Å². The van der Waals surface area contributed by atoms with Crippen molar-refractivity contribution in [3.63, 3.8) is 0 Å². The van der Waals surface area contributed by atoms with Crippen LogP contribution < -0.4 is 0 Å². The highest BCUT2D eigenvalue weighted by Gasteiger charge is 2.22. The van der Waals surface area contributed by atoms with Gasteiger partial charge in [-0.25, -0.2) is 0 Å². The minimum atomic E-state index is 0.394. The third-order valence-electron chi connectivity index (χ3n) is 3.40. The molecule has 0 spiro atoms. The fourth-order valence-electron chi connectivity index (χ4n) is 2.54. The Kier molecular flexibility index (Phi) is 2.44. The molecule has 0 amide bonds. The molecule has 16 heavy (non-hydrogen) atoms. The molecule has 2 heteroatoms. The van der Waals surface area contributed by atoms with E-state index in [1.165, 1.54) is 23.7 Å². The van der Waals surface area contributed by atoms with Gasteiger partial charge in [0.05, 0.1) is 12.2 Å². The van der Waals surface area contributed by atoms with Crippen LogP contribution in [0, 0.1) is 0 Å². The van der Waals surface area contributed by atoms with Crippen LogP contribution in [0.2, 0.25) is 0 Å². The van der Waals surface area contributed by atoms with Gasteiger partial charge in [0.2, 0.25) is 0 Å². The predicted octanol–water partition coefficient (Wildman–Crippen LogP) is 3.21. The second kappa shape index (κ2) is 3.95. The van der Waals surface area contributed by atoms with Crippen LogP contribution in [0.4, 0.5) is 0 Å². The first-order valence-electron chi connectivity index (χ1n) is 6.02. The highest BCUT2D eigenvalue weighted by Crippen LogP contribution is 2.23. The van der Waals surface area contributed by atoms with E-state index < -0.39 is 0 Å². The van der Waals surface area contributed by atoms with E-state index in [0.717, 1.165) is 6.54 Å². The number of aromatic nitrogens is 1. The van der Waals surface area contributed by atoms with Crippen LogP contribution in [-0.4, -0.2) is 16.8 Å². The van der Waals surface area contributed by atoms with Crippen molar-refractivity contribution in [2.45, 2.75) is 38.5 Å². The van der Waals surface area contributed by atoms with Gasteiger partial charge in [-0.05, 0) is 37.3 Å². The maximum Gasteiger partial charge on any atom is 0.0758 e. The molecule has 2 atom stereocenters. The number of benzene rings is 1. The standard InChI is InChI=1S/C14H17NO/c1-11-6-7-13(16-11)10-15-9-8-12-4-2-3-5-14(12)15/h2-5,8-9,11,13H,6-7,10H2,1H3. The zero-order valence-electron chi connectivity index (χ0n) is 9.60. The van der Waals surface area contributed by atoms with E-state index in [1.807, 2.05) is 0 Å². The van der Waals surface area contributed by atoms with Gasteiger partial charge in [0.25, 0.3) is 0 Å². The van der Waals surface area contributed by atoms with E-state index in [9.17, 15) is 0 Å². The van der Waals surface area contributed by atoms with Crippen molar-refractivity contribution in [1.82, 2.24) is 4.57 Å². The Morgan fingerprint density at radius 1 is 1.25 bits per heavy atom. The van der Waals surface area contributed by atoms with Gasteiger partial charge in [-0.2, -0.15) is 0 Å². The van der Waals surface area contributed by atoms with Crippen molar-refractivity contribution in [3.8, 4) is 0 Å². The number of nitrogens with zero attached hydrogens (tertiary/aromatic N) is 1. The molecule has 1 aliphatic heterocycles. The number of para-hydroxylation sites is 1. The average Bonchev–Trinajstić information content (AvgIpc) is 2.87. The normalized spacial score (nSPS) is 25.3. The molecule has 0 saturated carbocycles. The monoisotopic (exact) mass is 215 g/mol.